The first-order valence-electron chi connectivity index (χ1n) is 15.9. The SMILES string of the molecule is C/C=C/C=C(/C)C(=O)O[C@H]1[C@H](O)[C@H](OC[C@@]23C[C@@H]4[C@H](C)CC[C@H]4[C@@]4(CO)C[C@H]2C=C(C(C)C)[C@@]34C(=O)O)O[C@H](C)[C@H]1OC. The van der Waals surface area contributed by atoms with Crippen LogP contribution in [0.1, 0.15) is 67.2 Å². The number of carboxylic acids is 1. The quantitative estimate of drug-likeness (QED) is 0.145. The van der Waals surface area contributed by atoms with E-state index < -0.39 is 58.9 Å². The highest BCUT2D eigenvalue weighted by Gasteiger charge is 2.84. The number of methoxy groups -OCH3 is 1. The number of hydrogen-bond acceptors (Lipinski definition) is 8. The molecule has 5 aliphatic rings. The third kappa shape index (κ3) is 4.43. The summed E-state index contributed by atoms with van der Waals surface area (Å²) in [5.41, 5.74) is -1.59. The fraction of sp³-hybridized carbons (Fsp3) is 0.765. The summed E-state index contributed by atoms with van der Waals surface area (Å²) in [7, 11) is 1.47. The van der Waals surface area contributed by atoms with Crippen molar-refractivity contribution in [2.75, 3.05) is 20.3 Å². The number of hydrogen-bond donors (Lipinski definition) is 3. The van der Waals surface area contributed by atoms with Gasteiger partial charge in [0.05, 0.1) is 19.3 Å². The number of ether oxygens (including phenoxy) is 4. The summed E-state index contributed by atoms with van der Waals surface area (Å²) < 4.78 is 24.0. The smallest absolute Gasteiger partial charge is 0.334 e. The van der Waals surface area contributed by atoms with E-state index in [1.807, 2.05) is 20.8 Å². The van der Waals surface area contributed by atoms with Gasteiger partial charge in [0.25, 0.3) is 0 Å². The van der Waals surface area contributed by atoms with Gasteiger partial charge in [-0.3, -0.25) is 4.79 Å². The van der Waals surface area contributed by atoms with Crippen LogP contribution in [0.15, 0.2) is 35.5 Å². The van der Waals surface area contributed by atoms with Crippen LogP contribution in [0, 0.1) is 45.8 Å². The molecule has 9 nitrogen and oxygen atoms in total. The van der Waals surface area contributed by atoms with Gasteiger partial charge in [0.2, 0.25) is 0 Å². The van der Waals surface area contributed by atoms with Crippen molar-refractivity contribution in [2.24, 2.45) is 45.8 Å². The largest absolute Gasteiger partial charge is 0.481 e. The number of carboxylic acid groups (broad SMARTS) is 1. The molecule has 0 radical (unpaired) electrons. The first kappa shape index (κ1) is 32.4. The Morgan fingerprint density at radius 2 is 1.88 bits per heavy atom. The van der Waals surface area contributed by atoms with Gasteiger partial charge in [-0.1, -0.05) is 57.1 Å². The van der Waals surface area contributed by atoms with Gasteiger partial charge in [0.1, 0.15) is 17.6 Å². The van der Waals surface area contributed by atoms with E-state index in [0.29, 0.717) is 24.3 Å². The highest BCUT2D eigenvalue weighted by molar-refractivity contribution is 5.88. The van der Waals surface area contributed by atoms with Crippen LogP contribution in [0.4, 0.5) is 0 Å². The number of aliphatic hydroxyl groups excluding tert-OH is 2. The molecular formula is C34H50O9. The van der Waals surface area contributed by atoms with Crippen molar-refractivity contribution >= 4 is 11.9 Å². The second-order valence-electron chi connectivity index (χ2n) is 14.1. The molecule has 0 unspecified atom stereocenters. The number of carbonyl (C=O) groups is 2. The number of allylic oxidation sites excluding steroid dienone is 4. The molecule has 0 aromatic heterocycles. The average molecular weight is 603 g/mol. The van der Waals surface area contributed by atoms with Crippen LogP contribution in [0.3, 0.4) is 0 Å². The van der Waals surface area contributed by atoms with Crippen molar-refractivity contribution in [3.05, 3.63) is 35.5 Å². The maximum atomic E-state index is 13.7. The van der Waals surface area contributed by atoms with Crippen molar-refractivity contribution in [3.63, 3.8) is 0 Å². The predicted octanol–water partition coefficient (Wildman–Crippen LogP) is 4.28. The predicted molar refractivity (Wildman–Crippen MR) is 159 cm³/mol. The van der Waals surface area contributed by atoms with E-state index in [1.54, 1.807) is 32.1 Å². The van der Waals surface area contributed by atoms with E-state index in [4.69, 9.17) is 18.9 Å². The lowest BCUT2D eigenvalue weighted by atomic mass is 9.42. The third-order valence-corrected chi connectivity index (χ3v) is 11.9. The zero-order valence-corrected chi connectivity index (χ0v) is 26.6. The molecule has 0 aromatic rings. The lowest BCUT2D eigenvalue weighted by molar-refractivity contribution is -0.309. The van der Waals surface area contributed by atoms with Gasteiger partial charge in [-0.25, -0.2) is 4.79 Å². The van der Waals surface area contributed by atoms with Crippen LogP contribution >= 0.6 is 0 Å². The number of aliphatic hydroxyl groups is 2. The minimum Gasteiger partial charge on any atom is -0.481 e. The molecule has 1 aliphatic heterocycles. The molecule has 5 rings (SSSR count). The Morgan fingerprint density at radius 1 is 1.16 bits per heavy atom. The monoisotopic (exact) mass is 602 g/mol. The van der Waals surface area contributed by atoms with E-state index >= 15 is 0 Å². The summed E-state index contributed by atoms with van der Waals surface area (Å²) in [5, 5.41) is 33.9. The molecule has 3 saturated carbocycles. The zero-order valence-electron chi connectivity index (χ0n) is 26.6. The Bertz CT molecular complexity index is 1190. The van der Waals surface area contributed by atoms with E-state index in [1.165, 1.54) is 7.11 Å². The van der Waals surface area contributed by atoms with Crippen LogP contribution in [0.5, 0.6) is 0 Å². The minimum absolute atomic E-state index is 0.0104. The van der Waals surface area contributed by atoms with Crippen molar-refractivity contribution < 1.29 is 43.9 Å². The van der Waals surface area contributed by atoms with Gasteiger partial charge in [-0.05, 0) is 69.6 Å². The van der Waals surface area contributed by atoms with Crippen LogP contribution in [-0.4, -0.2) is 78.3 Å². The standard InChI is InChI=1S/C34H50O9/c1-8-9-10-20(5)29(37)43-28-26(36)30(42-21(6)27(28)40-7)41-17-33-15-23-19(4)11-12-24(23)32(16-35)14-22(33)13-25(18(2)3)34(32,33)31(38)39/h8-10,13,18-19,21-24,26-28,30,35-36H,11-12,14-17H2,1-7H3,(H,38,39)/b9-8+,20-10-/t19-,21-,22-,23-,24-,26+,27-,28+,30-,32+,33+,34+/m1/s1. The fourth-order valence-electron chi connectivity index (χ4n) is 10.2. The van der Waals surface area contributed by atoms with E-state index in [9.17, 15) is 24.9 Å². The number of fused-ring (bicyclic) bond motifs is 2. The lowest BCUT2D eigenvalue weighted by Gasteiger charge is -2.60. The summed E-state index contributed by atoms with van der Waals surface area (Å²) >= 11 is 0. The number of esters is 1. The molecule has 0 spiro atoms. The molecule has 1 heterocycles. The molecule has 4 aliphatic carbocycles. The zero-order chi connectivity index (χ0) is 31.5. The normalized spacial score (nSPS) is 45.5. The van der Waals surface area contributed by atoms with Crippen molar-refractivity contribution in [1.29, 1.82) is 0 Å². The van der Waals surface area contributed by atoms with E-state index in [-0.39, 0.29) is 36.9 Å². The van der Waals surface area contributed by atoms with Gasteiger partial charge in [0, 0.05) is 23.5 Å². The lowest BCUT2D eigenvalue weighted by Crippen LogP contribution is -2.65. The van der Waals surface area contributed by atoms with Crippen molar-refractivity contribution in [2.45, 2.75) is 97.9 Å². The first-order chi connectivity index (χ1) is 20.4. The molecule has 4 bridgehead atoms. The summed E-state index contributed by atoms with van der Waals surface area (Å²) in [6.07, 6.45) is 5.67. The maximum absolute atomic E-state index is 13.7. The Labute approximate surface area is 255 Å². The van der Waals surface area contributed by atoms with Gasteiger partial charge >= 0.3 is 11.9 Å². The number of carbonyl (C=O) groups excluding carboxylic acids is 1. The van der Waals surface area contributed by atoms with Crippen LogP contribution in [0.2, 0.25) is 0 Å². The minimum atomic E-state index is -1.36. The Balaban J connectivity index is 1.48. The van der Waals surface area contributed by atoms with Crippen molar-refractivity contribution in [3.8, 4) is 0 Å². The molecule has 1 saturated heterocycles. The van der Waals surface area contributed by atoms with Gasteiger partial charge in [-0.15, -0.1) is 0 Å². The highest BCUT2D eigenvalue weighted by Crippen LogP contribution is 2.83. The third-order valence-electron chi connectivity index (χ3n) is 11.9. The van der Waals surface area contributed by atoms with Crippen LogP contribution < -0.4 is 0 Å². The second kappa shape index (κ2) is 11.7. The summed E-state index contributed by atoms with van der Waals surface area (Å²) in [5.74, 6) is -0.734. The average Bonchev–Trinajstić information content (AvgIpc) is 3.54. The topological polar surface area (TPSA) is 132 Å². The maximum Gasteiger partial charge on any atom is 0.334 e. The summed E-state index contributed by atoms with van der Waals surface area (Å²) in [6.45, 7) is 11.4. The Morgan fingerprint density at radius 3 is 2.49 bits per heavy atom. The van der Waals surface area contributed by atoms with Crippen LogP contribution in [0.25, 0.3) is 0 Å². The van der Waals surface area contributed by atoms with Crippen molar-refractivity contribution in [1.82, 2.24) is 0 Å². The molecule has 3 N–H and O–H groups in total. The molecular weight excluding hydrogens is 552 g/mol. The van der Waals surface area contributed by atoms with Gasteiger partial charge in [0.15, 0.2) is 12.4 Å². The molecule has 43 heavy (non-hydrogen) atoms. The van der Waals surface area contributed by atoms with Crippen LogP contribution in [-0.2, 0) is 28.5 Å². The summed E-state index contributed by atoms with van der Waals surface area (Å²) in [6, 6.07) is 0. The Hall–Kier alpha value is -2.04. The highest BCUT2D eigenvalue weighted by atomic mass is 16.7. The number of aliphatic carboxylic acids is 1. The first-order valence-corrected chi connectivity index (χ1v) is 15.9. The number of rotatable bonds is 10. The molecule has 240 valence electrons. The molecule has 9 heteroatoms. The Kier molecular flexibility index (Phi) is 8.81. The summed E-state index contributed by atoms with van der Waals surface area (Å²) in [4.78, 5) is 26.6. The van der Waals surface area contributed by atoms with E-state index in [2.05, 4.69) is 13.0 Å². The van der Waals surface area contributed by atoms with Gasteiger partial charge < -0.3 is 34.3 Å². The van der Waals surface area contributed by atoms with Gasteiger partial charge in [-0.2, -0.15) is 0 Å². The second-order valence-corrected chi connectivity index (χ2v) is 14.1. The fourth-order valence-corrected chi connectivity index (χ4v) is 10.2. The molecule has 0 amide bonds. The molecule has 4 fully saturated rings. The molecule has 0 aromatic carbocycles. The molecule has 12 atom stereocenters. The van der Waals surface area contributed by atoms with E-state index in [0.717, 1.165) is 18.4 Å².